The minimum atomic E-state index is -0.722. The number of rotatable bonds is 3. The monoisotopic (exact) mass is 387 g/mol. The van der Waals surface area contributed by atoms with Gasteiger partial charge in [0.05, 0.1) is 15.7 Å². The van der Waals surface area contributed by atoms with Crippen LogP contribution in [0.2, 0.25) is 0 Å². The normalized spacial score (nSPS) is 44.4. The fourth-order valence-electron chi connectivity index (χ4n) is 8.59. The molecule has 6 heteroatoms. The van der Waals surface area contributed by atoms with Crippen molar-refractivity contribution in [1.29, 1.82) is 0 Å². The summed E-state index contributed by atoms with van der Waals surface area (Å²) >= 11 is 0. The lowest BCUT2D eigenvalue weighted by atomic mass is 9.36. The maximum atomic E-state index is 10.7. The number of phenolic OH excluding ortho intramolecular Hbond substituents is 1. The van der Waals surface area contributed by atoms with E-state index in [0.29, 0.717) is 12.0 Å². The maximum absolute atomic E-state index is 10.7. The molecule has 8 rings (SSSR count). The first-order valence-electron chi connectivity index (χ1n) is 11.3. The highest BCUT2D eigenvalue weighted by Crippen LogP contribution is 2.76. The molecule has 4 saturated carbocycles. The Morgan fingerprint density at radius 2 is 1.93 bits per heavy atom. The van der Waals surface area contributed by atoms with Gasteiger partial charge >= 0.3 is 0 Å². The Morgan fingerprint density at radius 1 is 1.17 bits per heavy atom. The first-order valence-corrected chi connectivity index (χ1v) is 11.3. The molecule has 2 spiro atoms. The fraction of sp³-hybridized carbons (Fsp3) is 0.739. The van der Waals surface area contributed by atoms with Gasteiger partial charge in [-0.2, -0.15) is 0 Å². The first-order chi connectivity index (χ1) is 13.9. The second-order valence-electron chi connectivity index (χ2n) is 10.7. The summed E-state index contributed by atoms with van der Waals surface area (Å²) in [6.45, 7) is 0.893. The minimum absolute atomic E-state index is 0.0274. The molecule has 4 bridgehead atoms. The van der Waals surface area contributed by atoms with E-state index in [0.717, 1.165) is 63.7 Å². The Morgan fingerprint density at radius 3 is 2.62 bits per heavy atom. The molecular weight excluding hydrogens is 360 g/mol. The van der Waals surface area contributed by atoms with Crippen molar-refractivity contribution in [3.8, 4) is 11.5 Å². The van der Waals surface area contributed by atoms with Gasteiger partial charge in [-0.25, -0.2) is 0 Å². The fourth-order valence-corrected chi connectivity index (χ4v) is 8.59. The van der Waals surface area contributed by atoms with Crippen LogP contribution in [0.4, 0.5) is 0 Å². The lowest BCUT2D eigenvalue weighted by Crippen LogP contribution is -2.80. The Bertz CT molecular complexity index is 921. The minimum Gasteiger partial charge on any atom is -0.504 e. The summed E-state index contributed by atoms with van der Waals surface area (Å²) in [5.41, 5.74) is 2.34. The number of nitrogens with zero attached hydrogens (tertiary/aromatic N) is 1. The van der Waals surface area contributed by atoms with Gasteiger partial charge < -0.3 is 19.5 Å². The number of likely N-dealkylation sites (tertiary alicyclic amines) is 1. The molecular formula is C23H27B2NO3. The molecule has 2 aliphatic heterocycles. The first kappa shape index (κ1) is 17.5. The zero-order valence-electron chi connectivity index (χ0n) is 17.1. The van der Waals surface area contributed by atoms with Crippen LogP contribution in [0.1, 0.15) is 56.1 Å². The summed E-state index contributed by atoms with van der Waals surface area (Å²) < 4.78 is 12.9. The van der Waals surface area contributed by atoms with Crippen molar-refractivity contribution >= 4 is 15.7 Å². The average Bonchev–Trinajstić information content (AvgIpc) is 3.51. The van der Waals surface area contributed by atoms with E-state index in [1.807, 2.05) is 7.11 Å². The van der Waals surface area contributed by atoms with Crippen LogP contribution in [0.5, 0.6) is 11.5 Å². The van der Waals surface area contributed by atoms with Crippen molar-refractivity contribution < 1.29 is 14.6 Å². The van der Waals surface area contributed by atoms with Crippen molar-refractivity contribution in [3.05, 3.63) is 23.3 Å². The highest BCUT2D eigenvalue weighted by atomic mass is 16.6. The number of fused-ring (bicyclic) bond motifs is 2. The van der Waals surface area contributed by atoms with Crippen LogP contribution in [0, 0.1) is 11.3 Å². The molecule has 0 aromatic heterocycles. The van der Waals surface area contributed by atoms with Crippen LogP contribution < -0.4 is 4.74 Å². The van der Waals surface area contributed by atoms with Gasteiger partial charge in [0.25, 0.3) is 0 Å². The third kappa shape index (κ3) is 1.70. The highest BCUT2D eigenvalue weighted by Gasteiger charge is 2.79. The van der Waals surface area contributed by atoms with Crippen LogP contribution in [-0.2, 0) is 16.6 Å². The number of hydrogen-bond donors (Lipinski definition) is 1. The molecule has 1 aromatic carbocycles. The van der Waals surface area contributed by atoms with Crippen LogP contribution in [0.25, 0.3) is 0 Å². The third-order valence-electron chi connectivity index (χ3n) is 10.0. The maximum Gasteiger partial charge on any atom is 0.165 e. The topological polar surface area (TPSA) is 41.9 Å². The molecule has 1 N–H and O–H groups in total. The van der Waals surface area contributed by atoms with Gasteiger partial charge in [-0.3, -0.25) is 0 Å². The molecule has 4 radical (unpaired) electrons. The Hall–Kier alpha value is -1.13. The van der Waals surface area contributed by atoms with E-state index >= 15 is 0 Å². The van der Waals surface area contributed by atoms with Crippen molar-refractivity contribution in [2.45, 2.75) is 79.9 Å². The lowest BCUT2D eigenvalue weighted by Gasteiger charge is -2.73. The van der Waals surface area contributed by atoms with Gasteiger partial charge in [-0.1, -0.05) is 11.4 Å². The molecule has 2 heterocycles. The van der Waals surface area contributed by atoms with Gasteiger partial charge in [-0.15, -0.1) is 0 Å². The van der Waals surface area contributed by atoms with Crippen molar-refractivity contribution in [2.75, 3.05) is 13.7 Å². The van der Waals surface area contributed by atoms with E-state index < -0.39 is 5.34 Å². The molecule has 7 aliphatic rings. The summed E-state index contributed by atoms with van der Waals surface area (Å²) in [6.07, 6.45) is 8.44. The molecule has 4 nitrogen and oxygen atoms in total. The third-order valence-corrected chi connectivity index (χ3v) is 10.0. The quantitative estimate of drug-likeness (QED) is 0.810. The number of phenols is 1. The molecule has 5 fully saturated rings. The largest absolute Gasteiger partial charge is 0.504 e. The van der Waals surface area contributed by atoms with Gasteiger partial charge in [0.15, 0.2) is 11.5 Å². The predicted octanol–water partition coefficient (Wildman–Crippen LogP) is 2.38. The molecule has 1 unspecified atom stereocenters. The lowest BCUT2D eigenvalue weighted by molar-refractivity contribution is -0.254. The summed E-state index contributed by atoms with van der Waals surface area (Å²) in [5, 5.41) is 9.98. The van der Waals surface area contributed by atoms with Crippen molar-refractivity contribution in [3.63, 3.8) is 0 Å². The average molecular weight is 387 g/mol. The number of hydrogen-bond acceptors (Lipinski definition) is 4. The molecule has 1 aromatic rings. The van der Waals surface area contributed by atoms with E-state index in [1.165, 1.54) is 11.1 Å². The van der Waals surface area contributed by atoms with E-state index in [4.69, 9.17) is 25.2 Å². The van der Waals surface area contributed by atoms with Gasteiger partial charge in [-0.05, 0) is 80.9 Å². The second-order valence-corrected chi connectivity index (χ2v) is 10.7. The van der Waals surface area contributed by atoms with Crippen LogP contribution in [0.3, 0.4) is 0 Å². The Kier molecular flexibility index (Phi) is 3.03. The van der Waals surface area contributed by atoms with Gasteiger partial charge in [0.2, 0.25) is 0 Å². The predicted molar refractivity (Wildman–Crippen MR) is 111 cm³/mol. The Labute approximate surface area is 175 Å². The molecule has 148 valence electrons. The summed E-state index contributed by atoms with van der Waals surface area (Å²) in [4.78, 5) is 2.48. The van der Waals surface area contributed by atoms with Gasteiger partial charge in [0.1, 0.15) is 11.7 Å². The number of ether oxygens (including phenoxy) is 2. The van der Waals surface area contributed by atoms with E-state index in [-0.39, 0.29) is 28.3 Å². The molecule has 0 amide bonds. The molecule has 3 atom stereocenters. The second kappa shape index (κ2) is 5.02. The van der Waals surface area contributed by atoms with E-state index in [1.54, 1.807) is 6.07 Å². The van der Waals surface area contributed by atoms with Crippen molar-refractivity contribution in [2.24, 2.45) is 11.3 Å². The zero-order chi connectivity index (χ0) is 19.8. The Balaban J connectivity index is 1.48. The smallest absolute Gasteiger partial charge is 0.165 e. The molecule has 5 aliphatic carbocycles. The van der Waals surface area contributed by atoms with E-state index in [9.17, 15) is 5.11 Å². The summed E-state index contributed by atoms with van der Waals surface area (Å²) in [5.74, 6) is 1.41. The standard InChI is InChI=1S/C23H27B2NO3/c1-28-21-8-6-20(7-9-21)16-12-13-2-5-15(27)18-17(13)22(20,19(21)29-18)10-11-26(16)23(24,25)14-3-4-14/h2,5,14,16,19,27H,3-4,6-12H2,1H3/t16-,19?,20?,21?,22+/m1/s1. The van der Waals surface area contributed by atoms with Crippen LogP contribution >= 0.6 is 0 Å². The number of aromatic hydroxyl groups is 1. The van der Waals surface area contributed by atoms with Gasteiger partial charge in [0, 0.05) is 24.1 Å². The molecule has 1 saturated heterocycles. The number of methoxy groups -OCH3 is 1. The molecule has 29 heavy (non-hydrogen) atoms. The summed E-state index contributed by atoms with van der Waals surface area (Å²) in [6, 6.07) is 4.25. The van der Waals surface area contributed by atoms with E-state index in [2.05, 4.69) is 11.0 Å². The summed E-state index contributed by atoms with van der Waals surface area (Å²) in [7, 11) is 15.5. The van der Waals surface area contributed by atoms with Crippen LogP contribution in [0.15, 0.2) is 12.1 Å². The van der Waals surface area contributed by atoms with Crippen molar-refractivity contribution in [1.82, 2.24) is 4.90 Å². The number of piperidine rings is 1. The van der Waals surface area contributed by atoms with Crippen LogP contribution in [-0.4, -0.2) is 62.4 Å². The zero-order valence-corrected chi connectivity index (χ0v) is 17.1. The highest BCUT2D eigenvalue weighted by molar-refractivity contribution is 6.40. The number of benzene rings is 1. The SMILES string of the molecule is [B]C([B])(C1CC1)N1CC[C@]23c4c5ccc(O)c4OC2C2(OC)CCC3(CC2)[C@H]1C5.